The summed E-state index contributed by atoms with van der Waals surface area (Å²) in [7, 11) is 0. The number of amides is 1. The van der Waals surface area contributed by atoms with E-state index >= 15 is 0 Å². The molecule has 4 rings (SSSR count). The summed E-state index contributed by atoms with van der Waals surface area (Å²) >= 11 is 3.09. The number of anilines is 1. The molecule has 5 nitrogen and oxygen atoms in total. The number of hydrogen-bond acceptors (Lipinski definition) is 5. The molecule has 29 heavy (non-hydrogen) atoms. The van der Waals surface area contributed by atoms with E-state index in [0.29, 0.717) is 16.5 Å². The van der Waals surface area contributed by atoms with Gasteiger partial charge in [0.05, 0.1) is 22.3 Å². The fourth-order valence-corrected chi connectivity index (χ4v) is 4.57. The van der Waals surface area contributed by atoms with E-state index in [0.717, 1.165) is 21.7 Å². The first kappa shape index (κ1) is 19.6. The summed E-state index contributed by atoms with van der Waals surface area (Å²) in [6.45, 7) is 3.96. The van der Waals surface area contributed by atoms with Crippen molar-refractivity contribution >= 4 is 45.0 Å². The minimum Gasteiger partial charge on any atom is -0.310 e. The van der Waals surface area contributed by atoms with Crippen LogP contribution < -0.4 is 5.32 Å². The maximum absolute atomic E-state index is 13.5. The van der Waals surface area contributed by atoms with E-state index in [2.05, 4.69) is 22.3 Å². The second-order valence-corrected chi connectivity index (χ2v) is 8.84. The highest BCUT2D eigenvalue weighted by Gasteiger charge is 2.15. The van der Waals surface area contributed by atoms with Crippen molar-refractivity contribution in [1.29, 1.82) is 0 Å². The second kappa shape index (κ2) is 8.34. The smallest absolute Gasteiger partial charge is 0.229 e. The maximum Gasteiger partial charge on any atom is 0.229 e. The van der Waals surface area contributed by atoms with E-state index in [1.165, 1.54) is 28.4 Å². The van der Waals surface area contributed by atoms with Gasteiger partial charge in [0.15, 0.2) is 0 Å². The van der Waals surface area contributed by atoms with Crippen LogP contribution in [0.2, 0.25) is 0 Å². The molecule has 1 N–H and O–H groups in total. The molecule has 2 aromatic heterocycles. The number of thiazole rings is 1. The molecule has 0 saturated heterocycles. The van der Waals surface area contributed by atoms with Gasteiger partial charge in [0, 0.05) is 11.0 Å². The lowest BCUT2D eigenvalue weighted by Crippen LogP contribution is -2.17. The van der Waals surface area contributed by atoms with Gasteiger partial charge in [-0.2, -0.15) is 9.78 Å². The summed E-state index contributed by atoms with van der Waals surface area (Å²) in [6, 6.07) is 14.3. The number of fused-ring (bicyclic) bond motifs is 1. The summed E-state index contributed by atoms with van der Waals surface area (Å²) in [5.74, 6) is 1.13. The highest BCUT2D eigenvalue weighted by molar-refractivity contribution is 7.99. The topological polar surface area (TPSA) is 59.8 Å². The molecule has 0 unspecified atom stereocenters. The number of nitrogens with one attached hydrogen (secondary N) is 1. The van der Waals surface area contributed by atoms with Crippen LogP contribution in [0.1, 0.15) is 18.2 Å². The van der Waals surface area contributed by atoms with E-state index in [4.69, 9.17) is 0 Å². The highest BCUT2D eigenvalue weighted by atomic mass is 32.2. The Morgan fingerprint density at radius 3 is 2.76 bits per heavy atom. The van der Waals surface area contributed by atoms with Crippen LogP contribution in [0.5, 0.6) is 0 Å². The number of carbonyl (C=O) groups is 1. The predicted molar refractivity (Wildman–Crippen MR) is 117 cm³/mol. The Morgan fingerprint density at radius 1 is 1.21 bits per heavy atom. The lowest BCUT2D eigenvalue weighted by molar-refractivity contribution is -0.115. The van der Waals surface area contributed by atoms with Crippen LogP contribution in [0, 0.1) is 12.7 Å². The summed E-state index contributed by atoms with van der Waals surface area (Å²) in [4.78, 5) is 18.3. The Hall–Kier alpha value is -2.71. The van der Waals surface area contributed by atoms with Gasteiger partial charge in [0.1, 0.15) is 11.6 Å². The Bertz CT molecular complexity index is 1170. The van der Waals surface area contributed by atoms with E-state index in [1.807, 2.05) is 31.2 Å². The molecule has 4 aromatic rings. The number of benzene rings is 2. The highest BCUT2D eigenvalue weighted by Crippen LogP contribution is 2.28. The number of aryl methyl sites for hydroxylation is 1. The van der Waals surface area contributed by atoms with Gasteiger partial charge < -0.3 is 5.32 Å². The third-order valence-corrected chi connectivity index (χ3v) is 6.11. The molecule has 0 atom stereocenters. The van der Waals surface area contributed by atoms with E-state index in [-0.39, 0.29) is 18.1 Å². The second-order valence-electron chi connectivity index (χ2n) is 6.49. The average Bonchev–Trinajstić information content (AvgIpc) is 3.26. The number of nitrogens with zero attached hydrogens (tertiary/aromatic N) is 3. The predicted octanol–water partition coefficient (Wildman–Crippen LogP) is 5.22. The zero-order valence-corrected chi connectivity index (χ0v) is 17.6. The van der Waals surface area contributed by atoms with Crippen molar-refractivity contribution in [2.45, 2.75) is 25.2 Å². The van der Waals surface area contributed by atoms with Crippen molar-refractivity contribution in [3.8, 4) is 5.13 Å². The monoisotopic (exact) mass is 426 g/mol. The van der Waals surface area contributed by atoms with Crippen molar-refractivity contribution in [3.05, 3.63) is 65.6 Å². The molecular formula is C21H19FN4OS2. The molecule has 0 aliphatic heterocycles. The van der Waals surface area contributed by atoms with E-state index in [9.17, 15) is 9.18 Å². The largest absolute Gasteiger partial charge is 0.310 e. The Kier molecular flexibility index (Phi) is 5.64. The van der Waals surface area contributed by atoms with Crippen LogP contribution in [0.15, 0.2) is 53.4 Å². The lowest BCUT2D eigenvalue weighted by Gasteiger charge is -2.07. The molecule has 1 amide bonds. The van der Waals surface area contributed by atoms with Crippen molar-refractivity contribution in [3.63, 3.8) is 0 Å². The fraction of sp³-hybridized carbons (Fsp3) is 0.190. The van der Waals surface area contributed by atoms with Gasteiger partial charge in [0.25, 0.3) is 0 Å². The molecule has 0 saturated carbocycles. The number of carbonyl (C=O) groups excluding carboxylic acids is 1. The lowest BCUT2D eigenvalue weighted by atomic mass is 10.1. The van der Waals surface area contributed by atoms with Gasteiger partial charge in [-0.3, -0.25) is 4.79 Å². The van der Waals surface area contributed by atoms with Crippen molar-refractivity contribution < 1.29 is 9.18 Å². The first-order valence-electron chi connectivity index (χ1n) is 9.16. The Balaban J connectivity index is 1.53. The van der Waals surface area contributed by atoms with Gasteiger partial charge in [-0.05, 0) is 48.6 Å². The van der Waals surface area contributed by atoms with Crippen LogP contribution in [0.4, 0.5) is 10.2 Å². The van der Waals surface area contributed by atoms with Gasteiger partial charge in [-0.15, -0.1) is 11.8 Å². The molecule has 8 heteroatoms. The quantitative estimate of drug-likeness (QED) is 0.429. The summed E-state index contributed by atoms with van der Waals surface area (Å²) in [5, 5.41) is 7.95. The van der Waals surface area contributed by atoms with Gasteiger partial charge in [-0.25, -0.2) is 9.37 Å². The average molecular weight is 427 g/mol. The van der Waals surface area contributed by atoms with Crippen molar-refractivity contribution in [2.75, 3.05) is 11.1 Å². The Morgan fingerprint density at radius 2 is 2.00 bits per heavy atom. The third-order valence-electron chi connectivity index (χ3n) is 4.22. The molecule has 148 valence electrons. The Labute approximate surface area is 176 Å². The molecule has 0 fully saturated rings. The number of halogens is 1. The first-order valence-corrected chi connectivity index (χ1v) is 11.0. The summed E-state index contributed by atoms with van der Waals surface area (Å²) in [6.07, 6.45) is 0.270. The zero-order chi connectivity index (χ0) is 20.4. The molecule has 0 spiro atoms. The standard InChI is InChI=1S/C21H19FN4OS2/c1-3-28-16-7-4-14(5-8-16)11-20(27)24-19-10-13(2)25-26(19)21-23-17-9-6-15(22)12-18(17)29-21/h4-10,12H,3,11H2,1-2H3,(H,24,27). The minimum absolute atomic E-state index is 0.130. The summed E-state index contributed by atoms with van der Waals surface area (Å²) in [5.41, 5.74) is 2.40. The normalized spacial score (nSPS) is 11.1. The number of aromatic nitrogens is 3. The molecule has 0 radical (unpaired) electrons. The third kappa shape index (κ3) is 4.49. The number of thioether (sulfide) groups is 1. The van der Waals surface area contributed by atoms with Crippen LogP contribution in [-0.2, 0) is 11.2 Å². The molecule has 0 bridgehead atoms. The van der Waals surface area contributed by atoms with Crippen molar-refractivity contribution in [1.82, 2.24) is 14.8 Å². The number of hydrogen-bond donors (Lipinski definition) is 1. The molecule has 2 heterocycles. The fourth-order valence-electron chi connectivity index (χ4n) is 2.95. The molecule has 0 aliphatic carbocycles. The molecule has 2 aromatic carbocycles. The van der Waals surface area contributed by atoms with E-state index < -0.39 is 0 Å². The van der Waals surface area contributed by atoms with Crippen LogP contribution in [0.25, 0.3) is 15.3 Å². The summed E-state index contributed by atoms with van der Waals surface area (Å²) < 4.78 is 15.8. The zero-order valence-electron chi connectivity index (χ0n) is 16.0. The first-order chi connectivity index (χ1) is 14.0. The van der Waals surface area contributed by atoms with Crippen LogP contribution in [0.3, 0.4) is 0 Å². The van der Waals surface area contributed by atoms with Gasteiger partial charge in [0.2, 0.25) is 11.0 Å². The van der Waals surface area contributed by atoms with Gasteiger partial charge >= 0.3 is 0 Å². The van der Waals surface area contributed by atoms with E-state index in [1.54, 1.807) is 28.6 Å². The molecule has 0 aliphatic rings. The van der Waals surface area contributed by atoms with Crippen LogP contribution >= 0.6 is 23.1 Å². The maximum atomic E-state index is 13.5. The number of rotatable bonds is 6. The van der Waals surface area contributed by atoms with Gasteiger partial charge in [-0.1, -0.05) is 30.4 Å². The minimum atomic E-state index is -0.304. The molecular weight excluding hydrogens is 407 g/mol. The SMILES string of the molecule is CCSc1ccc(CC(=O)Nc2cc(C)nn2-c2nc3ccc(F)cc3s2)cc1. The van der Waals surface area contributed by atoms with Crippen molar-refractivity contribution in [2.24, 2.45) is 0 Å². The van der Waals surface area contributed by atoms with Crippen LogP contribution in [-0.4, -0.2) is 26.4 Å².